The fraction of sp³-hybridized carbons (Fsp3) is 0.235. The minimum Gasteiger partial charge on any atom is -0.504 e. The average molecular weight is 335 g/mol. The van der Waals surface area contributed by atoms with E-state index in [9.17, 15) is 5.11 Å². The summed E-state index contributed by atoms with van der Waals surface area (Å²) in [6.07, 6.45) is 0.586. The first-order chi connectivity index (χ1) is 10.9. The van der Waals surface area contributed by atoms with Crippen LogP contribution in [0.1, 0.15) is 18.9 Å². The van der Waals surface area contributed by atoms with Gasteiger partial charge in [-0.3, -0.25) is 0 Å². The number of ether oxygens (including phenoxy) is 2. The third-order valence-corrected chi connectivity index (χ3v) is 4.00. The van der Waals surface area contributed by atoms with Crippen molar-refractivity contribution in [3.8, 4) is 28.4 Å². The minimum absolute atomic E-state index is 0.0870. The van der Waals surface area contributed by atoms with Crippen LogP contribution in [0, 0.1) is 5.41 Å². The minimum atomic E-state index is -0.0870. The molecule has 0 saturated heterocycles. The highest BCUT2D eigenvalue weighted by atomic mass is 35.5. The van der Waals surface area contributed by atoms with Gasteiger partial charge in [-0.25, -0.2) is 0 Å². The lowest BCUT2D eigenvalue weighted by Gasteiger charge is -2.16. The lowest BCUT2D eigenvalue weighted by molar-refractivity contribution is 0.365. The first-order valence-corrected chi connectivity index (χ1v) is 7.43. The van der Waals surface area contributed by atoms with Crippen molar-refractivity contribution in [1.29, 1.82) is 5.41 Å². The number of nitrogen functional groups attached to an aromatic ring is 1. The largest absolute Gasteiger partial charge is 0.504 e. The van der Waals surface area contributed by atoms with Crippen LogP contribution in [-0.4, -0.2) is 25.0 Å². The van der Waals surface area contributed by atoms with Crippen LogP contribution in [0.15, 0.2) is 24.3 Å². The van der Waals surface area contributed by atoms with Gasteiger partial charge in [-0.05, 0) is 18.1 Å². The molecule has 0 radical (unpaired) electrons. The Morgan fingerprint density at radius 2 is 1.87 bits per heavy atom. The van der Waals surface area contributed by atoms with Gasteiger partial charge in [-0.2, -0.15) is 0 Å². The molecule has 0 heterocycles. The molecule has 0 fully saturated rings. The van der Waals surface area contributed by atoms with E-state index in [0.717, 1.165) is 0 Å². The number of halogens is 1. The highest BCUT2D eigenvalue weighted by Crippen LogP contribution is 2.47. The number of benzene rings is 2. The smallest absolute Gasteiger partial charge is 0.167 e. The van der Waals surface area contributed by atoms with Crippen molar-refractivity contribution < 1.29 is 14.6 Å². The normalized spacial score (nSPS) is 10.4. The molecule has 0 bridgehead atoms. The Morgan fingerprint density at radius 3 is 2.39 bits per heavy atom. The second-order valence-corrected chi connectivity index (χ2v) is 5.33. The molecule has 0 aliphatic heterocycles. The highest BCUT2D eigenvalue weighted by Gasteiger charge is 2.20. The molecular weight excluding hydrogens is 316 g/mol. The number of methoxy groups -OCH3 is 2. The predicted octanol–water partition coefficient (Wildman–Crippen LogP) is 4.09. The van der Waals surface area contributed by atoms with Crippen LogP contribution < -0.4 is 15.2 Å². The van der Waals surface area contributed by atoms with Crippen molar-refractivity contribution in [3.63, 3.8) is 0 Å². The fourth-order valence-electron chi connectivity index (χ4n) is 2.35. The van der Waals surface area contributed by atoms with Gasteiger partial charge in [0.2, 0.25) is 0 Å². The molecule has 0 amide bonds. The van der Waals surface area contributed by atoms with Crippen LogP contribution in [0.4, 0.5) is 5.69 Å². The van der Waals surface area contributed by atoms with Gasteiger partial charge in [0, 0.05) is 28.6 Å². The van der Waals surface area contributed by atoms with E-state index in [4.69, 9.17) is 32.2 Å². The molecule has 122 valence electrons. The number of anilines is 1. The number of hydrogen-bond acceptors (Lipinski definition) is 5. The second kappa shape index (κ2) is 6.79. The van der Waals surface area contributed by atoms with Crippen LogP contribution in [-0.2, 0) is 0 Å². The lowest BCUT2D eigenvalue weighted by Crippen LogP contribution is -2.02. The number of hydrogen-bond donors (Lipinski definition) is 3. The third-order valence-electron chi connectivity index (χ3n) is 3.63. The maximum atomic E-state index is 10.4. The van der Waals surface area contributed by atoms with Crippen molar-refractivity contribution in [3.05, 3.63) is 34.9 Å². The predicted molar refractivity (Wildman–Crippen MR) is 93.2 cm³/mol. The van der Waals surface area contributed by atoms with Crippen molar-refractivity contribution in [2.24, 2.45) is 0 Å². The maximum Gasteiger partial charge on any atom is 0.167 e. The molecule has 6 heteroatoms. The Balaban J connectivity index is 2.67. The van der Waals surface area contributed by atoms with Gasteiger partial charge in [0.1, 0.15) is 5.75 Å². The zero-order valence-corrected chi connectivity index (χ0v) is 14.0. The molecule has 0 aromatic heterocycles. The Hall–Kier alpha value is -2.40. The summed E-state index contributed by atoms with van der Waals surface area (Å²) in [4.78, 5) is 0. The number of phenols is 1. The van der Waals surface area contributed by atoms with Gasteiger partial charge in [-0.15, -0.1) is 0 Å². The molecular formula is C17H19ClN2O3. The van der Waals surface area contributed by atoms with Gasteiger partial charge in [0.15, 0.2) is 11.5 Å². The Bertz CT molecular complexity index is 732. The van der Waals surface area contributed by atoms with E-state index < -0.39 is 0 Å². The molecule has 0 saturated carbocycles. The SMILES string of the molecule is CCC(=N)c1ccc(-c2c(O)c(OC)cc(OC)c2Cl)cc1N. The quantitative estimate of drug-likeness (QED) is 0.567. The van der Waals surface area contributed by atoms with Gasteiger partial charge < -0.3 is 25.7 Å². The number of rotatable bonds is 5. The van der Waals surface area contributed by atoms with Gasteiger partial charge in [-0.1, -0.05) is 30.7 Å². The van der Waals surface area contributed by atoms with Crippen LogP contribution in [0.2, 0.25) is 5.02 Å². The first kappa shape index (κ1) is 17.0. The number of aromatic hydroxyl groups is 1. The van der Waals surface area contributed by atoms with Crippen molar-refractivity contribution in [2.75, 3.05) is 20.0 Å². The summed E-state index contributed by atoms with van der Waals surface area (Å²) < 4.78 is 10.4. The number of phenolic OH excluding ortho intramolecular Hbond substituents is 1. The van der Waals surface area contributed by atoms with Crippen LogP contribution in [0.5, 0.6) is 17.2 Å². The molecule has 5 nitrogen and oxygen atoms in total. The van der Waals surface area contributed by atoms with Crippen molar-refractivity contribution in [1.82, 2.24) is 0 Å². The Kier molecular flexibility index (Phi) is 5.01. The summed E-state index contributed by atoms with van der Waals surface area (Å²) in [5, 5.41) is 18.6. The Morgan fingerprint density at radius 1 is 1.22 bits per heavy atom. The molecule has 2 rings (SSSR count). The van der Waals surface area contributed by atoms with Crippen molar-refractivity contribution >= 4 is 23.0 Å². The van der Waals surface area contributed by atoms with Crippen molar-refractivity contribution in [2.45, 2.75) is 13.3 Å². The zero-order chi connectivity index (χ0) is 17.1. The third kappa shape index (κ3) is 3.05. The lowest BCUT2D eigenvalue weighted by atomic mass is 9.98. The Labute approximate surface area is 140 Å². The second-order valence-electron chi connectivity index (χ2n) is 4.95. The standard InChI is InChI=1S/C17H19ClN2O3/c1-4-11(19)10-6-5-9(7-12(10)20)15-16(18)13(22-2)8-14(23-3)17(15)21/h5-8,19,21H,4,20H2,1-3H3. The van der Waals surface area contributed by atoms with Crippen LogP contribution in [0.3, 0.4) is 0 Å². The number of nitrogens with two attached hydrogens (primary N) is 1. The molecule has 2 aromatic rings. The highest BCUT2D eigenvalue weighted by molar-refractivity contribution is 6.35. The molecule has 23 heavy (non-hydrogen) atoms. The van der Waals surface area contributed by atoms with E-state index in [2.05, 4.69) is 0 Å². The molecule has 2 aromatic carbocycles. The average Bonchev–Trinajstić information content (AvgIpc) is 2.54. The molecule has 4 N–H and O–H groups in total. The van der Waals surface area contributed by atoms with Gasteiger partial charge in [0.05, 0.1) is 19.2 Å². The van der Waals surface area contributed by atoms with E-state index in [0.29, 0.717) is 40.3 Å². The zero-order valence-electron chi connectivity index (χ0n) is 13.2. The van der Waals surface area contributed by atoms with Gasteiger partial charge in [0.25, 0.3) is 0 Å². The van der Waals surface area contributed by atoms with E-state index >= 15 is 0 Å². The summed E-state index contributed by atoms with van der Waals surface area (Å²) in [6, 6.07) is 6.71. The van der Waals surface area contributed by atoms with E-state index in [-0.39, 0.29) is 16.5 Å². The molecule has 0 atom stereocenters. The summed E-state index contributed by atoms with van der Waals surface area (Å²) >= 11 is 6.34. The topological polar surface area (TPSA) is 88.6 Å². The van der Waals surface area contributed by atoms with Crippen LogP contribution >= 0.6 is 11.6 Å². The van der Waals surface area contributed by atoms with Gasteiger partial charge >= 0.3 is 0 Å². The van der Waals surface area contributed by atoms with E-state index in [1.807, 2.05) is 6.92 Å². The fourth-order valence-corrected chi connectivity index (χ4v) is 2.68. The van der Waals surface area contributed by atoms with Crippen LogP contribution in [0.25, 0.3) is 11.1 Å². The summed E-state index contributed by atoms with van der Waals surface area (Å²) in [7, 11) is 2.94. The summed E-state index contributed by atoms with van der Waals surface area (Å²) in [5.41, 5.74) is 8.62. The molecule has 0 spiro atoms. The van der Waals surface area contributed by atoms with E-state index in [1.54, 1.807) is 18.2 Å². The summed E-state index contributed by atoms with van der Waals surface area (Å²) in [6.45, 7) is 1.89. The van der Waals surface area contributed by atoms with E-state index in [1.165, 1.54) is 20.3 Å². The maximum absolute atomic E-state index is 10.4. The summed E-state index contributed by atoms with van der Waals surface area (Å²) in [5.74, 6) is 0.557. The molecule has 0 aliphatic rings. The molecule has 0 unspecified atom stereocenters. The first-order valence-electron chi connectivity index (χ1n) is 7.05. The molecule has 0 aliphatic carbocycles. The number of nitrogens with one attached hydrogen (secondary N) is 1. The monoisotopic (exact) mass is 334 g/mol.